The van der Waals surface area contributed by atoms with E-state index in [1.807, 2.05) is 19.1 Å². The van der Waals surface area contributed by atoms with Gasteiger partial charge in [0.25, 0.3) is 0 Å². The van der Waals surface area contributed by atoms with Crippen LogP contribution < -0.4 is 5.32 Å². The van der Waals surface area contributed by atoms with Gasteiger partial charge in [-0.15, -0.1) is 0 Å². The van der Waals surface area contributed by atoms with Gasteiger partial charge >= 0.3 is 6.18 Å². The van der Waals surface area contributed by atoms with Crippen molar-refractivity contribution in [1.29, 1.82) is 0 Å². The van der Waals surface area contributed by atoms with Gasteiger partial charge in [-0.05, 0) is 43.1 Å². The minimum Gasteiger partial charge on any atom is -0.315 e. The van der Waals surface area contributed by atoms with Crippen LogP contribution in [0.4, 0.5) is 13.2 Å². The van der Waals surface area contributed by atoms with Crippen molar-refractivity contribution in [3.8, 4) is 0 Å². The minimum absolute atomic E-state index is 0.277. The molecule has 1 aliphatic heterocycles. The topological polar surface area (TPSA) is 28.2 Å². The van der Waals surface area contributed by atoms with Gasteiger partial charge in [-0.1, -0.05) is 24.3 Å². The quantitative estimate of drug-likeness (QED) is 0.914. The third-order valence-electron chi connectivity index (χ3n) is 4.61. The summed E-state index contributed by atoms with van der Waals surface area (Å²) >= 11 is 0. The summed E-state index contributed by atoms with van der Waals surface area (Å²) in [6.07, 6.45) is -1.83. The Morgan fingerprint density at radius 1 is 1.08 bits per heavy atom. The summed E-state index contributed by atoms with van der Waals surface area (Å²) in [7, 11) is 0. The SMILES string of the molecule is Cc1cccnc1C(c1ccccc1C(F)(F)F)N1CCCNCC1. The molecular weight excluding hydrogens is 327 g/mol. The minimum atomic E-state index is -4.39. The number of hydrogen-bond donors (Lipinski definition) is 1. The molecule has 1 aromatic carbocycles. The Bertz CT molecular complexity index is 707. The van der Waals surface area contributed by atoms with Gasteiger partial charge in [-0.2, -0.15) is 13.2 Å². The molecular formula is C19H22F3N3. The molecule has 134 valence electrons. The van der Waals surface area contributed by atoms with E-state index in [-0.39, 0.29) is 5.56 Å². The van der Waals surface area contributed by atoms with Crippen molar-refractivity contribution in [2.75, 3.05) is 26.2 Å². The third kappa shape index (κ3) is 4.02. The Labute approximate surface area is 145 Å². The predicted molar refractivity (Wildman–Crippen MR) is 91.3 cm³/mol. The number of rotatable bonds is 3. The van der Waals surface area contributed by atoms with Crippen molar-refractivity contribution >= 4 is 0 Å². The maximum absolute atomic E-state index is 13.6. The molecule has 1 fully saturated rings. The Kier molecular flexibility index (Phi) is 5.39. The van der Waals surface area contributed by atoms with E-state index in [0.717, 1.165) is 37.7 Å². The molecule has 3 nitrogen and oxygen atoms in total. The summed E-state index contributed by atoms with van der Waals surface area (Å²) < 4.78 is 40.9. The van der Waals surface area contributed by atoms with E-state index in [1.165, 1.54) is 6.07 Å². The fourth-order valence-electron chi connectivity index (χ4n) is 3.42. The normalized spacial score (nSPS) is 17.9. The van der Waals surface area contributed by atoms with E-state index in [1.54, 1.807) is 18.3 Å². The van der Waals surface area contributed by atoms with Gasteiger partial charge in [-0.25, -0.2) is 0 Å². The van der Waals surface area contributed by atoms with Gasteiger partial charge in [0, 0.05) is 25.8 Å². The summed E-state index contributed by atoms with van der Waals surface area (Å²) in [6.45, 7) is 4.97. The largest absolute Gasteiger partial charge is 0.416 e. The summed E-state index contributed by atoms with van der Waals surface area (Å²) in [5.41, 5.74) is 1.30. The summed E-state index contributed by atoms with van der Waals surface area (Å²) in [5, 5.41) is 3.31. The van der Waals surface area contributed by atoms with Gasteiger partial charge in [-0.3, -0.25) is 9.88 Å². The lowest BCUT2D eigenvalue weighted by molar-refractivity contribution is -0.138. The van der Waals surface area contributed by atoms with Crippen LogP contribution in [0, 0.1) is 6.92 Å². The first-order valence-electron chi connectivity index (χ1n) is 8.51. The fourth-order valence-corrected chi connectivity index (χ4v) is 3.42. The van der Waals surface area contributed by atoms with Crippen molar-refractivity contribution in [2.24, 2.45) is 0 Å². The van der Waals surface area contributed by atoms with E-state index < -0.39 is 17.8 Å². The lowest BCUT2D eigenvalue weighted by Crippen LogP contribution is -2.35. The molecule has 0 radical (unpaired) electrons. The average Bonchev–Trinajstić information content (AvgIpc) is 2.86. The Hall–Kier alpha value is -1.92. The number of halogens is 3. The molecule has 1 unspecified atom stereocenters. The Morgan fingerprint density at radius 3 is 2.64 bits per heavy atom. The predicted octanol–water partition coefficient (Wildman–Crippen LogP) is 3.79. The molecule has 0 aliphatic carbocycles. The van der Waals surface area contributed by atoms with Crippen molar-refractivity contribution in [3.05, 3.63) is 65.0 Å². The molecule has 0 amide bonds. The molecule has 0 bridgehead atoms. The Balaban J connectivity index is 2.14. The second-order valence-electron chi connectivity index (χ2n) is 6.33. The maximum Gasteiger partial charge on any atom is 0.416 e. The van der Waals surface area contributed by atoms with Gasteiger partial charge in [0.1, 0.15) is 0 Å². The zero-order valence-corrected chi connectivity index (χ0v) is 14.2. The average molecular weight is 349 g/mol. The first-order chi connectivity index (χ1) is 12.0. The first kappa shape index (κ1) is 17.9. The van der Waals surface area contributed by atoms with E-state index in [0.29, 0.717) is 12.2 Å². The number of hydrogen-bond acceptors (Lipinski definition) is 3. The standard InChI is InChI=1S/C19H22F3N3/c1-14-6-4-10-24-17(14)18(25-12-5-9-23-11-13-25)15-7-2-3-8-16(15)19(20,21)22/h2-4,6-8,10,18,23H,5,9,11-13H2,1H3. The molecule has 2 aromatic rings. The van der Waals surface area contributed by atoms with E-state index in [9.17, 15) is 13.2 Å². The fraction of sp³-hybridized carbons (Fsp3) is 0.421. The van der Waals surface area contributed by atoms with Crippen LogP contribution in [-0.4, -0.2) is 36.1 Å². The second kappa shape index (κ2) is 7.54. The molecule has 3 rings (SSSR count). The van der Waals surface area contributed by atoms with Crippen LogP contribution >= 0.6 is 0 Å². The highest BCUT2D eigenvalue weighted by Crippen LogP contribution is 2.39. The molecule has 1 aromatic heterocycles. The Morgan fingerprint density at radius 2 is 1.88 bits per heavy atom. The molecule has 0 saturated carbocycles. The zero-order chi connectivity index (χ0) is 17.9. The summed E-state index contributed by atoms with van der Waals surface area (Å²) in [5.74, 6) is 0. The number of nitrogens with zero attached hydrogens (tertiary/aromatic N) is 2. The second-order valence-corrected chi connectivity index (χ2v) is 6.33. The van der Waals surface area contributed by atoms with Crippen LogP contribution in [0.3, 0.4) is 0 Å². The van der Waals surface area contributed by atoms with Gasteiger partial charge in [0.2, 0.25) is 0 Å². The van der Waals surface area contributed by atoms with Crippen LogP contribution in [0.1, 0.15) is 34.8 Å². The molecule has 0 spiro atoms. The van der Waals surface area contributed by atoms with E-state index >= 15 is 0 Å². The van der Waals surface area contributed by atoms with Crippen LogP contribution in [0.5, 0.6) is 0 Å². The van der Waals surface area contributed by atoms with Crippen molar-refractivity contribution in [1.82, 2.24) is 15.2 Å². The molecule has 1 atom stereocenters. The zero-order valence-electron chi connectivity index (χ0n) is 14.2. The number of pyridine rings is 1. The van der Waals surface area contributed by atoms with Gasteiger partial charge < -0.3 is 5.32 Å². The lowest BCUT2D eigenvalue weighted by atomic mass is 9.93. The van der Waals surface area contributed by atoms with Crippen LogP contribution in [0.2, 0.25) is 0 Å². The van der Waals surface area contributed by atoms with Crippen LogP contribution in [-0.2, 0) is 6.18 Å². The van der Waals surface area contributed by atoms with Crippen molar-refractivity contribution in [2.45, 2.75) is 25.6 Å². The molecule has 1 saturated heterocycles. The molecule has 1 aliphatic rings. The van der Waals surface area contributed by atoms with Crippen molar-refractivity contribution in [3.63, 3.8) is 0 Å². The highest BCUT2D eigenvalue weighted by molar-refractivity contribution is 5.39. The highest BCUT2D eigenvalue weighted by atomic mass is 19.4. The van der Waals surface area contributed by atoms with Crippen molar-refractivity contribution < 1.29 is 13.2 Å². The first-order valence-corrected chi connectivity index (χ1v) is 8.51. The van der Waals surface area contributed by atoms with Gasteiger partial charge in [0.15, 0.2) is 0 Å². The van der Waals surface area contributed by atoms with Crippen LogP contribution in [0.25, 0.3) is 0 Å². The number of benzene rings is 1. The molecule has 2 heterocycles. The van der Waals surface area contributed by atoms with E-state index in [2.05, 4.69) is 15.2 Å². The number of aromatic nitrogens is 1. The lowest BCUT2D eigenvalue weighted by Gasteiger charge is -2.33. The summed E-state index contributed by atoms with van der Waals surface area (Å²) in [4.78, 5) is 6.57. The number of alkyl halides is 3. The molecule has 1 N–H and O–H groups in total. The highest BCUT2D eigenvalue weighted by Gasteiger charge is 2.37. The smallest absolute Gasteiger partial charge is 0.315 e. The van der Waals surface area contributed by atoms with E-state index in [4.69, 9.17) is 0 Å². The van der Waals surface area contributed by atoms with Gasteiger partial charge in [0.05, 0.1) is 17.3 Å². The number of nitrogens with one attached hydrogen (secondary N) is 1. The maximum atomic E-state index is 13.6. The number of aryl methyl sites for hydroxylation is 1. The monoisotopic (exact) mass is 349 g/mol. The molecule has 6 heteroatoms. The third-order valence-corrected chi connectivity index (χ3v) is 4.61. The molecule has 25 heavy (non-hydrogen) atoms. The summed E-state index contributed by atoms with van der Waals surface area (Å²) in [6, 6.07) is 9.08. The van der Waals surface area contributed by atoms with Crippen LogP contribution in [0.15, 0.2) is 42.6 Å².